The molecule has 0 unspecified atom stereocenters. The highest BCUT2D eigenvalue weighted by Crippen LogP contribution is 2.37. The predicted molar refractivity (Wildman–Crippen MR) is 190 cm³/mol. The lowest BCUT2D eigenvalue weighted by molar-refractivity contribution is -0.139. The first kappa shape index (κ1) is 32.0. The van der Waals surface area contributed by atoms with Crippen molar-refractivity contribution in [3.63, 3.8) is 0 Å². The van der Waals surface area contributed by atoms with Crippen molar-refractivity contribution < 1.29 is 19.0 Å². The van der Waals surface area contributed by atoms with Crippen LogP contribution in [0.3, 0.4) is 0 Å². The van der Waals surface area contributed by atoms with Crippen molar-refractivity contribution in [2.75, 3.05) is 13.2 Å². The lowest BCUT2D eigenvalue weighted by Gasteiger charge is -2.25. The van der Waals surface area contributed by atoms with Gasteiger partial charge in [0.15, 0.2) is 16.3 Å². The van der Waals surface area contributed by atoms with Crippen molar-refractivity contribution in [1.82, 2.24) is 4.57 Å². The fourth-order valence-electron chi connectivity index (χ4n) is 5.57. The van der Waals surface area contributed by atoms with Gasteiger partial charge in [-0.05, 0) is 89.5 Å². The lowest BCUT2D eigenvalue weighted by atomic mass is 9.91. The fraction of sp³-hybridized carbons (Fsp3) is 0.194. The normalized spacial score (nSPS) is 14.6. The molecule has 1 aliphatic heterocycles. The van der Waals surface area contributed by atoms with Crippen molar-refractivity contribution >= 4 is 68.3 Å². The van der Waals surface area contributed by atoms with Crippen LogP contribution in [0.15, 0.2) is 99.9 Å². The van der Waals surface area contributed by atoms with Crippen LogP contribution in [0, 0.1) is 3.57 Å². The Kier molecular flexibility index (Phi) is 9.62. The Balaban J connectivity index is 1.47. The molecule has 0 amide bonds. The molecule has 234 valence electrons. The molecule has 0 radical (unpaired) electrons. The quantitative estimate of drug-likeness (QED) is 0.117. The maximum absolute atomic E-state index is 14.3. The maximum atomic E-state index is 14.3. The molecule has 1 atom stereocenters. The van der Waals surface area contributed by atoms with Crippen molar-refractivity contribution in [3.8, 4) is 11.5 Å². The van der Waals surface area contributed by atoms with Crippen LogP contribution in [-0.4, -0.2) is 23.8 Å². The average Bonchev–Trinajstić information content (AvgIpc) is 3.34. The van der Waals surface area contributed by atoms with Gasteiger partial charge in [-0.3, -0.25) is 9.36 Å². The molecule has 0 fully saturated rings. The van der Waals surface area contributed by atoms with E-state index in [9.17, 15) is 9.59 Å². The van der Waals surface area contributed by atoms with Crippen LogP contribution in [0.4, 0.5) is 0 Å². The fourth-order valence-corrected chi connectivity index (χ4v) is 7.58. The van der Waals surface area contributed by atoms with Crippen LogP contribution in [0.5, 0.6) is 11.5 Å². The van der Waals surface area contributed by atoms with Gasteiger partial charge in [0.25, 0.3) is 5.56 Å². The van der Waals surface area contributed by atoms with Gasteiger partial charge in [0.2, 0.25) is 0 Å². The van der Waals surface area contributed by atoms with E-state index in [4.69, 9.17) is 30.8 Å². The van der Waals surface area contributed by atoms with E-state index in [1.54, 1.807) is 18.4 Å². The molecule has 6 rings (SSSR count). The number of aromatic nitrogens is 1. The van der Waals surface area contributed by atoms with Gasteiger partial charge in [-0.15, -0.1) is 0 Å². The van der Waals surface area contributed by atoms with E-state index in [0.717, 1.165) is 31.0 Å². The largest absolute Gasteiger partial charge is 0.490 e. The van der Waals surface area contributed by atoms with E-state index in [2.05, 4.69) is 22.6 Å². The standard InChI is InChI=1S/C36H30ClIN2O5S/c1-4-43-29-18-22(17-28(38)33(29)45-20-24-12-7-9-16-27(24)37)19-30-34(41)40-32(26-15-10-13-23-11-6-8-14-25(23)26)31(35(42)44-5-2)21(3)39-36(40)46-30/h6-19,32H,4-5,20H2,1-3H3/b30-19+/t32-/m1/s1. The number of nitrogens with zero attached hydrogens (tertiary/aromatic N) is 2. The van der Waals surface area contributed by atoms with Gasteiger partial charge in [-0.1, -0.05) is 83.6 Å². The molecule has 10 heteroatoms. The van der Waals surface area contributed by atoms with Gasteiger partial charge < -0.3 is 14.2 Å². The van der Waals surface area contributed by atoms with E-state index >= 15 is 0 Å². The third-order valence-corrected chi connectivity index (χ3v) is 9.75. The second-order valence-electron chi connectivity index (χ2n) is 10.5. The number of rotatable bonds is 9. The molecule has 7 nitrogen and oxygen atoms in total. The van der Waals surface area contributed by atoms with E-state index in [1.165, 1.54) is 11.3 Å². The summed E-state index contributed by atoms with van der Waals surface area (Å²) in [6.45, 7) is 6.39. The van der Waals surface area contributed by atoms with Crippen molar-refractivity contribution in [3.05, 3.63) is 135 Å². The third kappa shape index (κ3) is 6.23. The summed E-state index contributed by atoms with van der Waals surface area (Å²) < 4.78 is 20.6. The SMILES string of the molecule is CCOC(=O)C1=C(C)N=c2s/c(=C/c3cc(I)c(OCc4ccccc4Cl)c(OCC)c3)c(=O)n2[C@@H]1c1cccc2ccccc12. The summed E-state index contributed by atoms with van der Waals surface area (Å²) in [7, 11) is 0. The molecule has 0 spiro atoms. The Hall–Kier alpha value is -3.93. The molecule has 2 heterocycles. The van der Waals surface area contributed by atoms with Crippen LogP contribution in [0.25, 0.3) is 16.8 Å². The highest BCUT2D eigenvalue weighted by atomic mass is 127. The third-order valence-electron chi connectivity index (χ3n) is 7.59. The lowest BCUT2D eigenvalue weighted by Crippen LogP contribution is -2.40. The molecular formula is C36H30ClIN2O5S. The number of benzene rings is 4. The van der Waals surface area contributed by atoms with Crippen LogP contribution in [0.2, 0.25) is 5.02 Å². The predicted octanol–water partition coefficient (Wildman–Crippen LogP) is 7.19. The topological polar surface area (TPSA) is 79.1 Å². The first-order valence-electron chi connectivity index (χ1n) is 14.8. The van der Waals surface area contributed by atoms with Crippen LogP contribution < -0.4 is 24.4 Å². The van der Waals surface area contributed by atoms with E-state index in [-0.39, 0.29) is 18.8 Å². The number of esters is 1. The van der Waals surface area contributed by atoms with E-state index in [1.807, 2.05) is 91.9 Å². The van der Waals surface area contributed by atoms with Crippen LogP contribution in [-0.2, 0) is 16.1 Å². The molecule has 5 aromatic rings. The Morgan fingerprint density at radius 3 is 2.57 bits per heavy atom. The molecule has 1 aromatic heterocycles. The number of thiazole rings is 1. The minimum atomic E-state index is -0.705. The van der Waals surface area contributed by atoms with E-state index < -0.39 is 12.0 Å². The molecule has 0 N–H and O–H groups in total. The van der Waals surface area contributed by atoms with Crippen molar-refractivity contribution in [1.29, 1.82) is 0 Å². The average molecular weight is 765 g/mol. The summed E-state index contributed by atoms with van der Waals surface area (Å²) in [6.07, 6.45) is 1.83. The second-order valence-corrected chi connectivity index (χ2v) is 13.1. The van der Waals surface area contributed by atoms with Gasteiger partial charge in [0.1, 0.15) is 6.61 Å². The van der Waals surface area contributed by atoms with Gasteiger partial charge in [-0.2, -0.15) is 0 Å². The smallest absolute Gasteiger partial charge is 0.338 e. The molecule has 0 saturated carbocycles. The number of hydrogen-bond donors (Lipinski definition) is 0. The summed E-state index contributed by atoms with van der Waals surface area (Å²) >= 11 is 9.85. The summed E-state index contributed by atoms with van der Waals surface area (Å²) in [5, 5.41) is 2.59. The number of ether oxygens (including phenoxy) is 3. The highest BCUT2D eigenvalue weighted by Gasteiger charge is 2.34. The second kappa shape index (κ2) is 13.8. The Morgan fingerprint density at radius 2 is 1.78 bits per heavy atom. The first-order chi connectivity index (χ1) is 22.3. The van der Waals surface area contributed by atoms with E-state index in [0.29, 0.717) is 43.7 Å². The van der Waals surface area contributed by atoms with Gasteiger partial charge in [0, 0.05) is 10.6 Å². The molecule has 0 bridgehead atoms. The number of fused-ring (bicyclic) bond motifs is 2. The van der Waals surface area contributed by atoms with Crippen molar-refractivity contribution in [2.45, 2.75) is 33.4 Å². The van der Waals surface area contributed by atoms with Gasteiger partial charge in [-0.25, -0.2) is 9.79 Å². The van der Waals surface area contributed by atoms with Crippen LogP contribution in [0.1, 0.15) is 43.5 Å². The highest BCUT2D eigenvalue weighted by molar-refractivity contribution is 14.1. The minimum Gasteiger partial charge on any atom is -0.490 e. The molecule has 0 saturated heterocycles. The monoisotopic (exact) mass is 764 g/mol. The van der Waals surface area contributed by atoms with Gasteiger partial charge in [0.05, 0.1) is 38.6 Å². The number of halogens is 2. The summed E-state index contributed by atoms with van der Waals surface area (Å²) in [5.74, 6) is 0.681. The summed E-state index contributed by atoms with van der Waals surface area (Å²) in [5.41, 5.74) is 3.10. The van der Waals surface area contributed by atoms with Crippen molar-refractivity contribution in [2.24, 2.45) is 4.99 Å². The van der Waals surface area contributed by atoms with Gasteiger partial charge >= 0.3 is 5.97 Å². The zero-order valence-corrected chi connectivity index (χ0v) is 29.1. The summed E-state index contributed by atoms with van der Waals surface area (Å²) in [6, 6.07) is 24.5. The number of carbonyl (C=O) groups excluding carboxylic acids is 1. The Bertz CT molecular complexity index is 2180. The molecule has 0 aliphatic carbocycles. The molecule has 4 aromatic carbocycles. The Morgan fingerprint density at radius 1 is 1.02 bits per heavy atom. The zero-order valence-electron chi connectivity index (χ0n) is 25.4. The maximum Gasteiger partial charge on any atom is 0.338 e. The first-order valence-corrected chi connectivity index (χ1v) is 17.1. The molecular weight excluding hydrogens is 735 g/mol. The minimum absolute atomic E-state index is 0.210. The molecule has 46 heavy (non-hydrogen) atoms. The number of hydrogen-bond acceptors (Lipinski definition) is 7. The van der Waals surface area contributed by atoms with Crippen LogP contribution >= 0.6 is 45.5 Å². The zero-order chi connectivity index (χ0) is 32.4. The number of carbonyl (C=O) groups is 1. The molecule has 1 aliphatic rings. The Labute approximate surface area is 288 Å². The number of allylic oxidation sites excluding steroid dienone is 1. The summed E-state index contributed by atoms with van der Waals surface area (Å²) in [4.78, 5) is 32.9.